The Labute approximate surface area is 146 Å². The van der Waals surface area contributed by atoms with Gasteiger partial charge < -0.3 is 0 Å². The molecular weight excluding hydrogens is 340 g/mol. The summed E-state index contributed by atoms with van der Waals surface area (Å²) >= 11 is 1.50. The van der Waals surface area contributed by atoms with Crippen LogP contribution < -0.4 is 0 Å². The van der Waals surface area contributed by atoms with Gasteiger partial charge in [-0.05, 0) is 17.7 Å². The Hall–Kier alpha value is -3.00. The third-order valence-corrected chi connectivity index (χ3v) is 5.13. The smallest absolute Gasteiger partial charge is 0.269 e. The maximum Gasteiger partial charge on any atom is 0.269 e. The van der Waals surface area contributed by atoms with E-state index < -0.39 is 4.92 Å². The van der Waals surface area contributed by atoms with Crippen molar-refractivity contribution in [3.63, 3.8) is 0 Å². The third-order valence-electron chi connectivity index (χ3n) is 3.93. The Morgan fingerprint density at radius 2 is 1.84 bits per heavy atom. The number of rotatable bonds is 3. The molecule has 1 aromatic heterocycles. The summed E-state index contributed by atoms with van der Waals surface area (Å²) in [6.45, 7) is 0. The fourth-order valence-electron chi connectivity index (χ4n) is 2.66. The van der Waals surface area contributed by atoms with E-state index in [0.29, 0.717) is 23.0 Å². The summed E-state index contributed by atoms with van der Waals surface area (Å²) in [5.41, 5.74) is 1.71. The number of carbonyl (C=O) groups is 1. The summed E-state index contributed by atoms with van der Waals surface area (Å²) < 4.78 is 1.32. The van der Waals surface area contributed by atoms with E-state index in [2.05, 4.69) is 10.1 Å². The minimum atomic E-state index is -0.459. The summed E-state index contributed by atoms with van der Waals surface area (Å²) in [7, 11) is 0. The van der Waals surface area contributed by atoms with Gasteiger partial charge in [0.1, 0.15) is 0 Å². The van der Waals surface area contributed by atoms with Crippen LogP contribution in [0.1, 0.15) is 22.0 Å². The number of benzene rings is 2. The molecule has 0 bridgehead atoms. The Morgan fingerprint density at radius 1 is 1.12 bits per heavy atom. The second-order valence-electron chi connectivity index (χ2n) is 5.55. The van der Waals surface area contributed by atoms with Crippen molar-refractivity contribution in [1.82, 2.24) is 14.8 Å². The van der Waals surface area contributed by atoms with Crippen molar-refractivity contribution in [3.8, 4) is 11.4 Å². The molecule has 1 aliphatic heterocycles. The van der Waals surface area contributed by atoms with Crippen LogP contribution in [0.4, 0.5) is 5.69 Å². The predicted molar refractivity (Wildman–Crippen MR) is 92.4 cm³/mol. The van der Waals surface area contributed by atoms with E-state index in [1.807, 2.05) is 30.3 Å². The van der Waals surface area contributed by atoms with Crippen molar-refractivity contribution >= 4 is 23.4 Å². The van der Waals surface area contributed by atoms with Crippen LogP contribution in [0.25, 0.3) is 11.4 Å². The van der Waals surface area contributed by atoms with E-state index in [0.717, 1.165) is 5.56 Å². The minimum Gasteiger partial charge on any atom is -0.272 e. The monoisotopic (exact) mass is 352 g/mol. The van der Waals surface area contributed by atoms with E-state index in [1.165, 1.54) is 28.6 Å². The number of thioether (sulfide) groups is 1. The number of hydrogen-bond donors (Lipinski definition) is 0. The van der Waals surface area contributed by atoms with Gasteiger partial charge in [0, 0.05) is 29.4 Å². The standard InChI is InChI=1S/C17H12N4O3S/c22-15-10-14(11-4-2-1-3-5-11)25-17-18-16(19-20(15)17)12-6-8-13(9-7-12)21(23)24/h1-9,14H,10H2/t14-/m1/s1. The molecule has 3 aromatic rings. The lowest BCUT2D eigenvalue weighted by Crippen LogP contribution is -2.20. The number of aromatic nitrogens is 3. The first-order valence-electron chi connectivity index (χ1n) is 7.58. The Balaban J connectivity index is 1.65. The van der Waals surface area contributed by atoms with Crippen LogP contribution in [0.5, 0.6) is 0 Å². The third kappa shape index (κ3) is 2.91. The lowest BCUT2D eigenvalue weighted by Gasteiger charge is -2.20. The number of hydrogen-bond acceptors (Lipinski definition) is 6. The minimum absolute atomic E-state index is 0.00214. The molecule has 0 radical (unpaired) electrons. The van der Waals surface area contributed by atoms with Crippen LogP contribution >= 0.6 is 11.8 Å². The lowest BCUT2D eigenvalue weighted by molar-refractivity contribution is -0.384. The van der Waals surface area contributed by atoms with Crippen LogP contribution in [-0.4, -0.2) is 25.6 Å². The number of fused-ring (bicyclic) bond motifs is 1. The molecule has 1 aliphatic rings. The van der Waals surface area contributed by atoms with Gasteiger partial charge in [-0.15, -0.1) is 5.10 Å². The molecule has 8 heteroatoms. The van der Waals surface area contributed by atoms with E-state index in [9.17, 15) is 14.9 Å². The van der Waals surface area contributed by atoms with Crippen LogP contribution in [0.3, 0.4) is 0 Å². The first kappa shape index (κ1) is 15.5. The maximum atomic E-state index is 12.4. The number of carbonyl (C=O) groups excluding carboxylic acids is 1. The molecular formula is C17H12N4O3S. The molecule has 0 aliphatic carbocycles. The lowest BCUT2D eigenvalue weighted by atomic mass is 10.1. The highest BCUT2D eigenvalue weighted by Gasteiger charge is 2.30. The van der Waals surface area contributed by atoms with E-state index >= 15 is 0 Å². The molecule has 0 saturated carbocycles. The van der Waals surface area contributed by atoms with Gasteiger partial charge in [-0.3, -0.25) is 14.9 Å². The second kappa shape index (κ2) is 6.14. The SMILES string of the molecule is O=C1C[C@H](c2ccccc2)Sc2nc(-c3ccc([N+](=O)[O-])cc3)nn21. The van der Waals surface area contributed by atoms with Crippen LogP contribution in [0, 0.1) is 10.1 Å². The molecule has 1 atom stereocenters. The normalized spacial score (nSPS) is 16.5. The van der Waals surface area contributed by atoms with Gasteiger partial charge in [0.15, 0.2) is 11.0 Å². The average Bonchev–Trinajstić information content (AvgIpc) is 3.07. The van der Waals surface area contributed by atoms with Gasteiger partial charge in [0.2, 0.25) is 0 Å². The van der Waals surface area contributed by atoms with Gasteiger partial charge in [-0.1, -0.05) is 42.1 Å². The van der Waals surface area contributed by atoms with Crippen molar-refractivity contribution in [3.05, 3.63) is 70.3 Å². The van der Waals surface area contributed by atoms with Gasteiger partial charge >= 0.3 is 0 Å². The first-order valence-corrected chi connectivity index (χ1v) is 8.46. The molecule has 4 rings (SSSR count). The molecule has 0 amide bonds. The number of nitro benzene ring substituents is 1. The highest BCUT2D eigenvalue weighted by molar-refractivity contribution is 7.99. The predicted octanol–water partition coefficient (Wildman–Crippen LogP) is 3.73. The zero-order valence-corrected chi connectivity index (χ0v) is 13.7. The second-order valence-corrected chi connectivity index (χ2v) is 6.72. The van der Waals surface area contributed by atoms with Gasteiger partial charge in [-0.2, -0.15) is 4.68 Å². The van der Waals surface area contributed by atoms with Gasteiger partial charge in [0.25, 0.3) is 11.6 Å². The molecule has 2 heterocycles. The number of nitro groups is 1. The molecule has 7 nitrogen and oxygen atoms in total. The molecule has 0 unspecified atom stereocenters. The fourth-order valence-corrected chi connectivity index (χ4v) is 3.81. The Morgan fingerprint density at radius 3 is 2.52 bits per heavy atom. The highest BCUT2D eigenvalue weighted by Crippen LogP contribution is 2.41. The molecule has 124 valence electrons. The van der Waals surface area contributed by atoms with Gasteiger partial charge in [-0.25, -0.2) is 4.98 Å². The number of non-ortho nitro benzene ring substituents is 1. The molecule has 0 fully saturated rings. The van der Waals surface area contributed by atoms with E-state index in [1.54, 1.807) is 12.1 Å². The molecule has 2 aromatic carbocycles. The quantitative estimate of drug-likeness (QED) is 0.527. The van der Waals surface area contributed by atoms with Crippen LogP contribution in [0.15, 0.2) is 59.8 Å². The van der Waals surface area contributed by atoms with Crippen LogP contribution in [0.2, 0.25) is 0 Å². The highest BCUT2D eigenvalue weighted by atomic mass is 32.2. The van der Waals surface area contributed by atoms with Crippen molar-refractivity contribution in [2.45, 2.75) is 16.8 Å². The van der Waals surface area contributed by atoms with Crippen molar-refractivity contribution in [2.75, 3.05) is 0 Å². The summed E-state index contributed by atoms with van der Waals surface area (Å²) in [5.74, 6) is 0.280. The number of nitrogens with zero attached hydrogens (tertiary/aromatic N) is 4. The average molecular weight is 352 g/mol. The zero-order chi connectivity index (χ0) is 17.4. The molecule has 0 saturated heterocycles. The summed E-state index contributed by atoms with van der Waals surface area (Å²) in [6, 6.07) is 15.8. The molecule has 0 spiro atoms. The van der Waals surface area contributed by atoms with Crippen molar-refractivity contribution in [1.29, 1.82) is 0 Å². The van der Waals surface area contributed by atoms with E-state index in [-0.39, 0.29) is 16.8 Å². The Kier molecular flexibility index (Phi) is 3.81. The summed E-state index contributed by atoms with van der Waals surface area (Å²) in [4.78, 5) is 27.1. The maximum absolute atomic E-state index is 12.4. The topological polar surface area (TPSA) is 90.9 Å². The van der Waals surface area contributed by atoms with Gasteiger partial charge in [0.05, 0.1) is 4.92 Å². The zero-order valence-electron chi connectivity index (χ0n) is 12.9. The first-order chi connectivity index (χ1) is 12.1. The molecule has 0 N–H and O–H groups in total. The summed E-state index contributed by atoms with van der Waals surface area (Å²) in [5, 5.41) is 15.6. The van der Waals surface area contributed by atoms with Crippen molar-refractivity contribution < 1.29 is 9.72 Å². The molecule has 25 heavy (non-hydrogen) atoms. The van der Waals surface area contributed by atoms with Crippen LogP contribution in [-0.2, 0) is 0 Å². The fraction of sp³-hybridized carbons (Fsp3) is 0.118. The van der Waals surface area contributed by atoms with E-state index in [4.69, 9.17) is 0 Å². The van der Waals surface area contributed by atoms with Crippen molar-refractivity contribution in [2.24, 2.45) is 0 Å². The largest absolute Gasteiger partial charge is 0.272 e. The summed E-state index contributed by atoms with van der Waals surface area (Å²) in [6.07, 6.45) is 0.352. The Bertz CT molecular complexity index is 954.